The summed E-state index contributed by atoms with van der Waals surface area (Å²) in [5, 5.41) is 15.6. The van der Waals surface area contributed by atoms with Gasteiger partial charge in [-0.15, -0.1) is 0 Å². The summed E-state index contributed by atoms with van der Waals surface area (Å²) >= 11 is 0. The molecule has 166 valence electrons. The molecule has 1 heterocycles. The standard InChI is InChI=1S/C22H27N3O6/c1-29-18-9-14(10-19(30-2)20(18)31-3)12-23-21(27)17-11-16(26)13-25(17)22(28)24-15-7-5-4-6-8-15/h4-10,16-17,26H,11-13H2,1-3H3,(H,23,27)(H,24,28)/t16-,17-/m0/s1. The van der Waals surface area contributed by atoms with Gasteiger partial charge >= 0.3 is 6.03 Å². The molecule has 1 aliphatic rings. The van der Waals surface area contributed by atoms with Crippen molar-refractivity contribution in [3.63, 3.8) is 0 Å². The fourth-order valence-corrected chi connectivity index (χ4v) is 3.55. The third kappa shape index (κ3) is 5.18. The molecule has 31 heavy (non-hydrogen) atoms. The van der Waals surface area contributed by atoms with Crippen LogP contribution < -0.4 is 24.8 Å². The molecule has 3 N–H and O–H groups in total. The number of likely N-dealkylation sites (tertiary alicyclic amines) is 1. The molecule has 0 aromatic heterocycles. The molecule has 1 saturated heterocycles. The Kier molecular flexibility index (Phi) is 7.19. The van der Waals surface area contributed by atoms with Crippen LogP contribution in [-0.2, 0) is 11.3 Å². The van der Waals surface area contributed by atoms with Crippen LogP contribution in [0.2, 0.25) is 0 Å². The lowest BCUT2D eigenvalue weighted by Crippen LogP contribution is -2.47. The van der Waals surface area contributed by atoms with E-state index < -0.39 is 18.2 Å². The van der Waals surface area contributed by atoms with Crippen molar-refractivity contribution in [1.29, 1.82) is 0 Å². The van der Waals surface area contributed by atoms with Crippen molar-refractivity contribution in [3.8, 4) is 17.2 Å². The Labute approximate surface area is 180 Å². The number of carbonyl (C=O) groups is 2. The van der Waals surface area contributed by atoms with E-state index in [1.165, 1.54) is 26.2 Å². The molecular formula is C22H27N3O6. The average Bonchev–Trinajstić information content (AvgIpc) is 3.19. The molecule has 0 unspecified atom stereocenters. The number of aliphatic hydroxyl groups is 1. The molecule has 3 amide bonds. The third-order valence-corrected chi connectivity index (χ3v) is 5.06. The number of β-amino-alcohol motifs (C(OH)–C–C–N with tert-alkyl or cyclic N) is 1. The van der Waals surface area contributed by atoms with Crippen LogP contribution in [0.15, 0.2) is 42.5 Å². The van der Waals surface area contributed by atoms with Crippen LogP contribution in [-0.4, -0.2) is 62.0 Å². The van der Waals surface area contributed by atoms with Gasteiger partial charge in [-0.25, -0.2) is 4.79 Å². The molecule has 9 nitrogen and oxygen atoms in total. The first kappa shape index (κ1) is 22.2. The Balaban J connectivity index is 1.68. The number of ether oxygens (including phenoxy) is 3. The van der Waals surface area contributed by atoms with E-state index >= 15 is 0 Å². The molecule has 9 heteroatoms. The van der Waals surface area contributed by atoms with Crippen LogP contribution in [0, 0.1) is 0 Å². The van der Waals surface area contributed by atoms with E-state index in [0.29, 0.717) is 22.9 Å². The number of benzene rings is 2. The zero-order valence-electron chi connectivity index (χ0n) is 17.8. The van der Waals surface area contributed by atoms with Crippen molar-refractivity contribution in [2.45, 2.75) is 25.1 Å². The second-order valence-electron chi connectivity index (χ2n) is 7.11. The maximum absolute atomic E-state index is 12.8. The Morgan fingerprint density at radius 2 is 1.71 bits per heavy atom. The normalized spacial score (nSPS) is 17.7. The topological polar surface area (TPSA) is 109 Å². The summed E-state index contributed by atoms with van der Waals surface area (Å²) in [6.45, 7) is 0.275. The first-order valence-corrected chi connectivity index (χ1v) is 9.84. The lowest BCUT2D eigenvalue weighted by atomic mass is 10.1. The molecular weight excluding hydrogens is 402 g/mol. The average molecular weight is 429 g/mol. The van der Waals surface area contributed by atoms with Crippen molar-refractivity contribution in [2.75, 3.05) is 33.2 Å². The molecule has 0 saturated carbocycles. The van der Waals surface area contributed by atoms with E-state index in [1.54, 1.807) is 36.4 Å². The van der Waals surface area contributed by atoms with Crippen LogP contribution in [0.5, 0.6) is 17.2 Å². The summed E-state index contributed by atoms with van der Waals surface area (Å²) in [5.41, 5.74) is 1.35. The van der Waals surface area contributed by atoms with Crippen molar-refractivity contribution < 1.29 is 28.9 Å². The van der Waals surface area contributed by atoms with Gasteiger partial charge < -0.3 is 34.9 Å². The summed E-state index contributed by atoms with van der Waals surface area (Å²) in [7, 11) is 4.55. The Hall–Kier alpha value is -3.46. The molecule has 0 radical (unpaired) electrons. The number of hydrogen-bond acceptors (Lipinski definition) is 6. The molecule has 2 atom stereocenters. The van der Waals surface area contributed by atoms with E-state index in [-0.39, 0.29) is 25.4 Å². The Morgan fingerprint density at radius 1 is 1.06 bits per heavy atom. The largest absolute Gasteiger partial charge is 0.493 e. The Bertz CT molecular complexity index is 896. The first-order valence-electron chi connectivity index (χ1n) is 9.84. The fourth-order valence-electron chi connectivity index (χ4n) is 3.55. The summed E-state index contributed by atoms with van der Waals surface area (Å²) in [6.07, 6.45) is -0.595. The fraction of sp³-hybridized carbons (Fsp3) is 0.364. The molecule has 1 aliphatic heterocycles. The number of aliphatic hydroxyl groups excluding tert-OH is 1. The first-order chi connectivity index (χ1) is 15.0. The number of rotatable bonds is 7. The molecule has 2 aromatic rings. The monoisotopic (exact) mass is 429 g/mol. The predicted molar refractivity (Wildman–Crippen MR) is 115 cm³/mol. The summed E-state index contributed by atoms with van der Waals surface area (Å²) < 4.78 is 16.0. The van der Waals surface area contributed by atoms with Crippen LogP contribution in [0.3, 0.4) is 0 Å². The minimum Gasteiger partial charge on any atom is -0.493 e. The molecule has 3 rings (SSSR count). The minimum atomic E-state index is -0.777. The van der Waals surface area contributed by atoms with Crippen molar-refractivity contribution in [3.05, 3.63) is 48.0 Å². The smallest absolute Gasteiger partial charge is 0.322 e. The molecule has 2 aromatic carbocycles. The second-order valence-corrected chi connectivity index (χ2v) is 7.11. The van der Waals surface area contributed by atoms with Crippen LogP contribution in [0.4, 0.5) is 10.5 Å². The number of nitrogens with zero attached hydrogens (tertiary/aromatic N) is 1. The highest BCUT2D eigenvalue weighted by Gasteiger charge is 2.39. The number of methoxy groups -OCH3 is 3. The molecule has 0 aliphatic carbocycles. The van der Waals surface area contributed by atoms with Gasteiger partial charge in [0.25, 0.3) is 0 Å². The summed E-state index contributed by atoms with van der Waals surface area (Å²) in [6, 6.07) is 11.2. The quantitative estimate of drug-likeness (QED) is 0.621. The van der Waals surface area contributed by atoms with Crippen molar-refractivity contribution >= 4 is 17.6 Å². The number of para-hydroxylation sites is 1. The maximum Gasteiger partial charge on any atom is 0.322 e. The molecule has 0 bridgehead atoms. The van der Waals surface area contributed by atoms with Crippen LogP contribution in [0.1, 0.15) is 12.0 Å². The SMILES string of the molecule is COc1cc(CNC(=O)[C@@H]2C[C@H](O)CN2C(=O)Nc2ccccc2)cc(OC)c1OC. The van der Waals surface area contributed by atoms with Crippen molar-refractivity contribution in [1.82, 2.24) is 10.2 Å². The third-order valence-electron chi connectivity index (χ3n) is 5.06. The number of anilines is 1. The minimum absolute atomic E-state index is 0.0843. The van der Waals surface area contributed by atoms with Gasteiger partial charge in [-0.1, -0.05) is 18.2 Å². The summed E-state index contributed by atoms with van der Waals surface area (Å²) in [4.78, 5) is 26.8. The lowest BCUT2D eigenvalue weighted by Gasteiger charge is -2.24. The van der Waals surface area contributed by atoms with Crippen LogP contribution in [0.25, 0.3) is 0 Å². The van der Waals surface area contributed by atoms with Gasteiger partial charge in [0, 0.05) is 25.2 Å². The highest BCUT2D eigenvalue weighted by Crippen LogP contribution is 2.38. The highest BCUT2D eigenvalue weighted by molar-refractivity contribution is 5.94. The highest BCUT2D eigenvalue weighted by atomic mass is 16.5. The predicted octanol–water partition coefficient (Wildman–Crippen LogP) is 2.00. The van der Waals surface area contributed by atoms with Gasteiger partial charge in [0.1, 0.15) is 6.04 Å². The van der Waals surface area contributed by atoms with Gasteiger partial charge in [-0.3, -0.25) is 4.79 Å². The second kappa shape index (κ2) is 10.0. The number of amides is 3. The number of hydrogen-bond donors (Lipinski definition) is 3. The Morgan fingerprint density at radius 3 is 2.29 bits per heavy atom. The zero-order valence-corrected chi connectivity index (χ0v) is 17.8. The van der Waals surface area contributed by atoms with Crippen LogP contribution >= 0.6 is 0 Å². The van der Waals surface area contributed by atoms with E-state index in [2.05, 4.69) is 10.6 Å². The van der Waals surface area contributed by atoms with Gasteiger partial charge in [0.15, 0.2) is 11.5 Å². The van der Waals surface area contributed by atoms with Gasteiger partial charge in [-0.2, -0.15) is 0 Å². The van der Waals surface area contributed by atoms with E-state index in [0.717, 1.165) is 5.56 Å². The lowest BCUT2D eigenvalue weighted by molar-refractivity contribution is -0.124. The number of carbonyl (C=O) groups excluding carboxylic acids is 2. The van der Waals surface area contributed by atoms with Gasteiger partial charge in [0.05, 0.1) is 27.4 Å². The van der Waals surface area contributed by atoms with E-state index in [9.17, 15) is 14.7 Å². The van der Waals surface area contributed by atoms with Gasteiger partial charge in [-0.05, 0) is 29.8 Å². The maximum atomic E-state index is 12.8. The van der Waals surface area contributed by atoms with E-state index in [1.807, 2.05) is 6.07 Å². The van der Waals surface area contributed by atoms with Gasteiger partial charge in [0.2, 0.25) is 11.7 Å². The van der Waals surface area contributed by atoms with Crippen molar-refractivity contribution in [2.24, 2.45) is 0 Å². The summed E-state index contributed by atoms with van der Waals surface area (Å²) in [5.74, 6) is 1.06. The number of urea groups is 1. The number of nitrogens with one attached hydrogen (secondary N) is 2. The zero-order chi connectivity index (χ0) is 22.4. The molecule has 0 spiro atoms. The van der Waals surface area contributed by atoms with E-state index in [4.69, 9.17) is 14.2 Å². The molecule has 1 fully saturated rings.